The number of halogens is 2. The maximum atomic E-state index is 13.2. The first-order valence-corrected chi connectivity index (χ1v) is 15.6. The summed E-state index contributed by atoms with van der Waals surface area (Å²) in [7, 11) is 0. The molecule has 2 saturated heterocycles. The second-order valence-corrected chi connectivity index (χ2v) is 13.5. The van der Waals surface area contributed by atoms with Gasteiger partial charge in [0.1, 0.15) is 6.04 Å². The topological polar surface area (TPSA) is 92.6 Å². The zero-order valence-electron chi connectivity index (χ0n) is 25.3. The Kier molecular flexibility index (Phi) is 9.46. The molecule has 0 aliphatic carbocycles. The number of benzene rings is 2. The largest absolute Gasteiger partial charge is 0.367 e. The van der Waals surface area contributed by atoms with Gasteiger partial charge in [-0.25, -0.2) is 4.68 Å². The number of anilines is 1. The highest BCUT2D eigenvalue weighted by molar-refractivity contribution is 6.42. The number of amides is 2. The number of nitrogens with zero attached hydrogens (tertiary/aromatic N) is 5. The molecule has 2 aliphatic heterocycles. The zero-order valence-corrected chi connectivity index (χ0v) is 26.8. The number of piperidine rings is 1. The molecule has 43 heavy (non-hydrogen) atoms. The second kappa shape index (κ2) is 12.9. The van der Waals surface area contributed by atoms with Crippen LogP contribution in [0.5, 0.6) is 0 Å². The van der Waals surface area contributed by atoms with E-state index in [2.05, 4.69) is 48.2 Å². The second-order valence-electron chi connectivity index (χ2n) is 12.7. The lowest BCUT2D eigenvalue weighted by molar-refractivity contribution is -0.180. The molecule has 1 atom stereocenters. The fourth-order valence-corrected chi connectivity index (χ4v) is 6.58. The summed E-state index contributed by atoms with van der Waals surface area (Å²) in [5.41, 5.74) is 3.08. The van der Waals surface area contributed by atoms with Crippen molar-refractivity contribution >= 4 is 40.7 Å². The van der Waals surface area contributed by atoms with Crippen LogP contribution in [-0.2, 0) is 27.2 Å². The van der Waals surface area contributed by atoms with Gasteiger partial charge in [0.15, 0.2) is 0 Å². The molecule has 11 heteroatoms. The van der Waals surface area contributed by atoms with Crippen LogP contribution in [0, 0.1) is 0 Å². The number of carbonyl (C=O) groups excluding carboxylic acids is 2. The van der Waals surface area contributed by atoms with Crippen LogP contribution in [0.3, 0.4) is 0 Å². The van der Waals surface area contributed by atoms with Crippen molar-refractivity contribution in [3.8, 4) is 5.69 Å². The van der Waals surface area contributed by atoms with Gasteiger partial charge in [-0.2, -0.15) is 0 Å². The lowest BCUT2D eigenvalue weighted by Crippen LogP contribution is -2.57. The standard InChI is InChI=1S/C32H40Cl2N6O3/c1-31(2)20-38(21-32(3,4)43-31)17-15-23-19-40(37-36-23)28-10-6-5-8-22(28)11-14-29(41)35-27-9-7-16-39(30(27)42)24-12-13-25(33)26(34)18-24/h5-6,8,10,12-13,18-19,27H,7,9,11,14-17,20-21H2,1-4H3,(H,35,41). The van der Waals surface area contributed by atoms with Crippen LogP contribution in [0.25, 0.3) is 5.69 Å². The van der Waals surface area contributed by atoms with E-state index in [0.29, 0.717) is 35.1 Å². The number of rotatable bonds is 9. The average Bonchev–Trinajstić information content (AvgIpc) is 3.41. The summed E-state index contributed by atoms with van der Waals surface area (Å²) in [6, 6.07) is 12.4. The number of aromatic nitrogens is 3. The van der Waals surface area contributed by atoms with Crippen LogP contribution in [0.4, 0.5) is 5.69 Å². The number of hydrogen-bond acceptors (Lipinski definition) is 6. The quantitative estimate of drug-likeness (QED) is 0.349. The van der Waals surface area contributed by atoms with Gasteiger partial charge >= 0.3 is 0 Å². The Morgan fingerprint density at radius 2 is 1.79 bits per heavy atom. The van der Waals surface area contributed by atoms with E-state index in [1.807, 2.05) is 30.5 Å². The van der Waals surface area contributed by atoms with Crippen molar-refractivity contribution in [3.63, 3.8) is 0 Å². The molecule has 0 saturated carbocycles. The van der Waals surface area contributed by atoms with Crippen LogP contribution >= 0.6 is 23.2 Å². The molecule has 230 valence electrons. The highest BCUT2D eigenvalue weighted by Gasteiger charge is 2.38. The summed E-state index contributed by atoms with van der Waals surface area (Å²) in [5.74, 6) is -0.308. The van der Waals surface area contributed by atoms with Crippen LogP contribution in [0.15, 0.2) is 48.7 Å². The minimum atomic E-state index is -0.577. The molecule has 2 amide bonds. The maximum absolute atomic E-state index is 13.2. The van der Waals surface area contributed by atoms with Crippen molar-refractivity contribution in [2.24, 2.45) is 0 Å². The number of morpholine rings is 1. The summed E-state index contributed by atoms with van der Waals surface area (Å²) >= 11 is 12.2. The predicted octanol–water partition coefficient (Wildman–Crippen LogP) is 5.25. The van der Waals surface area contributed by atoms with Gasteiger partial charge in [-0.3, -0.25) is 14.5 Å². The molecule has 2 aliphatic rings. The minimum Gasteiger partial charge on any atom is -0.367 e. The van der Waals surface area contributed by atoms with Gasteiger partial charge in [-0.15, -0.1) is 5.10 Å². The van der Waals surface area contributed by atoms with Crippen LogP contribution in [0.2, 0.25) is 10.0 Å². The van der Waals surface area contributed by atoms with Gasteiger partial charge in [-0.05, 0) is 76.8 Å². The number of hydrogen-bond donors (Lipinski definition) is 1. The van der Waals surface area contributed by atoms with Crippen LogP contribution in [-0.4, -0.2) is 75.1 Å². The Bertz CT molecular complexity index is 1460. The molecule has 0 bridgehead atoms. The third-order valence-electron chi connectivity index (χ3n) is 7.83. The molecule has 9 nitrogen and oxygen atoms in total. The van der Waals surface area contributed by atoms with Crippen molar-refractivity contribution in [3.05, 3.63) is 70.0 Å². The number of aryl methyl sites for hydroxylation is 1. The normalized spacial score (nSPS) is 20.3. The average molecular weight is 628 g/mol. The SMILES string of the molecule is CC1(C)CN(CCc2cn(-c3ccccc3CCC(=O)NC3CCCN(c4ccc(Cl)c(Cl)c4)C3=O)nn2)CC(C)(C)O1. The summed E-state index contributed by atoms with van der Waals surface area (Å²) in [4.78, 5) is 30.3. The summed E-state index contributed by atoms with van der Waals surface area (Å²) in [6.07, 6.45) is 4.87. The Morgan fingerprint density at radius 3 is 2.53 bits per heavy atom. The molecule has 1 aromatic heterocycles. The molecule has 3 aromatic rings. The third-order valence-corrected chi connectivity index (χ3v) is 8.57. The van der Waals surface area contributed by atoms with Gasteiger partial charge in [0.05, 0.1) is 38.8 Å². The molecular formula is C32H40Cl2N6O3. The van der Waals surface area contributed by atoms with Crippen molar-refractivity contribution in [2.45, 2.75) is 77.0 Å². The van der Waals surface area contributed by atoms with E-state index in [9.17, 15) is 9.59 Å². The molecule has 0 radical (unpaired) electrons. The lowest BCUT2D eigenvalue weighted by atomic mass is 9.99. The number of nitrogens with one attached hydrogen (secondary N) is 1. The van der Waals surface area contributed by atoms with E-state index in [0.717, 1.165) is 49.4 Å². The zero-order chi connectivity index (χ0) is 30.8. The summed E-state index contributed by atoms with van der Waals surface area (Å²) in [5, 5.41) is 12.6. The molecule has 3 heterocycles. The monoisotopic (exact) mass is 626 g/mol. The summed E-state index contributed by atoms with van der Waals surface area (Å²) < 4.78 is 7.99. The van der Waals surface area contributed by atoms with E-state index in [1.165, 1.54) is 0 Å². The van der Waals surface area contributed by atoms with Crippen molar-refractivity contribution in [2.75, 3.05) is 31.1 Å². The number of ether oxygens (including phenoxy) is 1. The van der Waals surface area contributed by atoms with E-state index in [-0.39, 0.29) is 29.4 Å². The Balaban J connectivity index is 1.17. The van der Waals surface area contributed by atoms with E-state index in [4.69, 9.17) is 27.9 Å². The van der Waals surface area contributed by atoms with Crippen LogP contribution < -0.4 is 10.2 Å². The van der Waals surface area contributed by atoms with Crippen LogP contribution in [0.1, 0.15) is 58.2 Å². The van der Waals surface area contributed by atoms with Crippen molar-refractivity contribution < 1.29 is 14.3 Å². The molecule has 1 N–H and O–H groups in total. The van der Waals surface area contributed by atoms with E-state index >= 15 is 0 Å². The van der Waals surface area contributed by atoms with Gasteiger partial charge in [0.2, 0.25) is 11.8 Å². The summed E-state index contributed by atoms with van der Waals surface area (Å²) in [6.45, 7) is 11.7. The van der Waals surface area contributed by atoms with Crippen molar-refractivity contribution in [1.29, 1.82) is 0 Å². The molecule has 1 unspecified atom stereocenters. The first kappa shape index (κ1) is 31.4. The Labute approximate surface area is 263 Å². The molecular weight excluding hydrogens is 587 g/mol. The highest BCUT2D eigenvalue weighted by atomic mass is 35.5. The molecule has 2 fully saturated rings. The first-order chi connectivity index (χ1) is 20.4. The molecule has 5 rings (SSSR count). The maximum Gasteiger partial charge on any atom is 0.249 e. The molecule has 2 aromatic carbocycles. The van der Waals surface area contributed by atoms with Gasteiger partial charge in [0.25, 0.3) is 0 Å². The number of carbonyl (C=O) groups is 2. The lowest BCUT2D eigenvalue weighted by Gasteiger charge is -2.47. The Hall–Kier alpha value is -2.98. The van der Waals surface area contributed by atoms with Gasteiger partial charge < -0.3 is 15.0 Å². The fourth-order valence-electron chi connectivity index (χ4n) is 6.29. The Morgan fingerprint density at radius 1 is 1.05 bits per heavy atom. The minimum absolute atomic E-state index is 0.141. The van der Waals surface area contributed by atoms with Crippen molar-refractivity contribution in [1.82, 2.24) is 25.2 Å². The van der Waals surface area contributed by atoms with E-state index in [1.54, 1.807) is 27.8 Å². The predicted molar refractivity (Wildman–Crippen MR) is 169 cm³/mol. The highest BCUT2D eigenvalue weighted by Crippen LogP contribution is 2.30. The smallest absolute Gasteiger partial charge is 0.249 e. The van der Waals surface area contributed by atoms with E-state index < -0.39 is 6.04 Å². The number of para-hydroxylation sites is 1. The first-order valence-electron chi connectivity index (χ1n) is 14.9. The third kappa shape index (κ3) is 7.95. The van der Waals surface area contributed by atoms with Gasteiger partial charge in [-0.1, -0.05) is 46.6 Å². The van der Waals surface area contributed by atoms with Gasteiger partial charge in [0, 0.05) is 44.7 Å². The molecule has 0 spiro atoms. The fraction of sp³-hybridized carbons (Fsp3) is 0.500.